The molecule has 0 saturated heterocycles. The maximum Gasteiger partial charge on any atom is 0.161 e. The summed E-state index contributed by atoms with van der Waals surface area (Å²) in [6.07, 6.45) is 0. The van der Waals surface area contributed by atoms with E-state index >= 15 is 0 Å². The van der Waals surface area contributed by atoms with Gasteiger partial charge in [0.25, 0.3) is 0 Å². The van der Waals surface area contributed by atoms with Crippen LogP contribution < -0.4 is 11.1 Å². The topological polar surface area (TPSA) is 55.1 Å². The van der Waals surface area contributed by atoms with Crippen molar-refractivity contribution in [2.75, 3.05) is 11.1 Å². The predicted octanol–water partition coefficient (Wildman–Crippen LogP) is 3.66. The van der Waals surface area contributed by atoms with Gasteiger partial charge in [-0.2, -0.15) is 0 Å². The fourth-order valence-electron chi connectivity index (χ4n) is 1.85. The van der Waals surface area contributed by atoms with Crippen LogP contribution >= 0.6 is 0 Å². The second-order valence-electron chi connectivity index (χ2n) is 4.45. The molecule has 0 bridgehead atoms. The lowest BCUT2D eigenvalue weighted by atomic mass is 10.1. The molecule has 2 rings (SSSR count). The smallest absolute Gasteiger partial charge is 0.161 e. The Labute approximate surface area is 111 Å². The van der Waals surface area contributed by atoms with Crippen LogP contribution in [-0.2, 0) is 0 Å². The summed E-state index contributed by atoms with van der Waals surface area (Å²) in [4.78, 5) is 11.3. The van der Waals surface area contributed by atoms with Gasteiger partial charge in [-0.05, 0) is 55.8 Å². The highest BCUT2D eigenvalue weighted by Crippen LogP contribution is 2.23. The third-order valence-corrected chi connectivity index (χ3v) is 2.88. The number of nitrogen functional groups attached to an aromatic ring is 1. The van der Waals surface area contributed by atoms with Gasteiger partial charge in [0.2, 0.25) is 0 Å². The summed E-state index contributed by atoms with van der Waals surface area (Å²) in [5.41, 5.74) is 8.83. The van der Waals surface area contributed by atoms with E-state index in [4.69, 9.17) is 5.73 Å². The van der Waals surface area contributed by atoms with Crippen molar-refractivity contribution in [3.05, 3.63) is 53.3 Å². The normalized spacial score (nSPS) is 10.3. The van der Waals surface area contributed by atoms with Crippen LogP contribution in [0, 0.1) is 12.7 Å². The number of hydrogen-bond acceptors (Lipinski definition) is 3. The highest BCUT2D eigenvalue weighted by molar-refractivity contribution is 5.99. The molecule has 0 unspecified atom stereocenters. The van der Waals surface area contributed by atoms with E-state index in [0.29, 0.717) is 16.8 Å². The average Bonchev–Trinajstić information content (AvgIpc) is 2.33. The molecular weight excluding hydrogens is 243 g/mol. The number of aryl methyl sites for hydroxylation is 1. The summed E-state index contributed by atoms with van der Waals surface area (Å²) in [7, 11) is 0. The predicted molar refractivity (Wildman–Crippen MR) is 75.3 cm³/mol. The molecular formula is C15H15FN2O. The largest absolute Gasteiger partial charge is 0.398 e. The number of hydrogen-bond donors (Lipinski definition) is 2. The first-order chi connectivity index (χ1) is 8.97. The zero-order valence-corrected chi connectivity index (χ0v) is 10.8. The van der Waals surface area contributed by atoms with Crippen molar-refractivity contribution in [3.8, 4) is 0 Å². The molecule has 0 radical (unpaired) electrons. The van der Waals surface area contributed by atoms with Gasteiger partial charge in [0.1, 0.15) is 5.82 Å². The van der Waals surface area contributed by atoms with Gasteiger partial charge in [0, 0.05) is 22.6 Å². The Morgan fingerprint density at radius 1 is 1.16 bits per heavy atom. The van der Waals surface area contributed by atoms with Crippen LogP contribution in [0.3, 0.4) is 0 Å². The molecule has 2 aromatic carbocycles. The van der Waals surface area contributed by atoms with Crippen molar-refractivity contribution >= 4 is 22.8 Å². The van der Waals surface area contributed by atoms with E-state index in [0.717, 1.165) is 11.4 Å². The van der Waals surface area contributed by atoms with Crippen LogP contribution in [0.1, 0.15) is 22.8 Å². The monoisotopic (exact) mass is 258 g/mol. The Balaban J connectivity index is 2.26. The van der Waals surface area contributed by atoms with Crippen LogP contribution in [-0.4, -0.2) is 5.78 Å². The minimum Gasteiger partial charge on any atom is -0.398 e. The van der Waals surface area contributed by atoms with E-state index in [1.807, 2.05) is 0 Å². The number of rotatable bonds is 3. The molecule has 0 atom stereocenters. The van der Waals surface area contributed by atoms with Gasteiger partial charge >= 0.3 is 0 Å². The van der Waals surface area contributed by atoms with Crippen LogP contribution in [0.2, 0.25) is 0 Å². The van der Waals surface area contributed by atoms with Gasteiger partial charge in [0.05, 0.1) is 0 Å². The summed E-state index contributed by atoms with van der Waals surface area (Å²) in [5, 5.41) is 3.12. The Morgan fingerprint density at radius 3 is 2.37 bits per heavy atom. The molecule has 0 aromatic heterocycles. The number of carbonyl (C=O) groups excluding carboxylic acids is 1. The lowest BCUT2D eigenvalue weighted by Gasteiger charge is -2.10. The summed E-state index contributed by atoms with van der Waals surface area (Å²) in [5.74, 6) is -0.307. The maximum atomic E-state index is 13.2. The number of ketones is 1. The molecule has 3 nitrogen and oxygen atoms in total. The first-order valence-electron chi connectivity index (χ1n) is 5.91. The molecule has 2 aromatic rings. The fourth-order valence-corrected chi connectivity index (χ4v) is 1.85. The van der Waals surface area contributed by atoms with Gasteiger partial charge < -0.3 is 11.1 Å². The van der Waals surface area contributed by atoms with E-state index in [1.165, 1.54) is 13.0 Å². The third-order valence-electron chi connectivity index (χ3n) is 2.88. The lowest BCUT2D eigenvalue weighted by Crippen LogP contribution is -2.01. The number of nitrogens with one attached hydrogen (secondary N) is 1. The number of anilines is 3. The first-order valence-corrected chi connectivity index (χ1v) is 5.91. The number of halogens is 1. The van der Waals surface area contributed by atoms with Crippen molar-refractivity contribution in [2.45, 2.75) is 13.8 Å². The van der Waals surface area contributed by atoms with E-state index < -0.39 is 0 Å². The first kappa shape index (κ1) is 13.1. The van der Waals surface area contributed by atoms with E-state index in [9.17, 15) is 9.18 Å². The van der Waals surface area contributed by atoms with Crippen LogP contribution in [0.4, 0.5) is 21.5 Å². The minimum atomic E-state index is -0.239. The molecule has 4 heteroatoms. The third kappa shape index (κ3) is 2.91. The van der Waals surface area contributed by atoms with Crippen LogP contribution in [0.25, 0.3) is 0 Å². The Bertz CT molecular complexity index is 638. The average molecular weight is 258 g/mol. The second-order valence-corrected chi connectivity index (χ2v) is 4.45. The summed E-state index contributed by atoms with van der Waals surface area (Å²) >= 11 is 0. The van der Waals surface area contributed by atoms with Crippen LogP contribution in [0.15, 0.2) is 36.4 Å². The van der Waals surface area contributed by atoms with Crippen molar-refractivity contribution in [2.24, 2.45) is 0 Å². The maximum absolute atomic E-state index is 13.2. The second kappa shape index (κ2) is 5.10. The SMILES string of the molecule is CC(=O)c1ccc(Nc2ccc(F)c(C)c2)cc1N. The van der Waals surface area contributed by atoms with Gasteiger partial charge in [-0.15, -0.1) is 0 Å². The van der Waals surface area contributed by atoms with E-state index in [1.54, 1.807) is 37.3 Å². The van der Waals surface area contributed by atoms with Crippen molar-refractivity contribution in [1.82, 2.24) is 0 Å². The summed E-state index contributed by atoms with van der Waals surface area (Å²) < 4.78 is 13.2. The molecule has 0 amide bonds. The number of benzene rings is 2. The minimum absolute atomic E-state index is 0.0679. The highest BCUT2D eigenvalue weighted by atomic mass is 19.1. The molecule has 0 saturated carbocycles. The van der Waals surface area contributed by atoms with Gasteiger partial charge in [0.15, 0.2) is 5.78 Å². The quantitative estimate of drug-likeness (QED) is 0.652. The molecule has 0 aliphatic carbocycles. The summed E-state index contributed by atoms with van der Waals surface area (Å²) in [6.45, 7) is 3.18. The molecule has 0 aliphatic heterocycles. The molecule has 0 heterocycles. The van der Waals surface area contributed by atoms with Crippen molar-refractivity contribution in [1.29, 1.82) is 0 Å². The number of carbonyl (C=O) groups is 1. The standard InChI is InChI=1S/C15H15FN2O/c1-9-7-11(4-6-14(9)16)18-12-3-5-13(10(2)19)15(17)8-12/h3-8,18H,17H2,1-2H3. The van der Waals surface area contributed by atoms with Crippen molar-refractivity contribution < 1.29 is 9.18 Å². The van der Waals surface area contributed by atoms with Crippen LogP contribution in [0.5, 0.6) is 0 Å². The molecule has 3 N–H and O–H groups in total. The van der Waals surface area contributed by atoms with Crippen molar-refractivity contribution in [3.63, 3.8) is 0 Å². The summed E-state index contributed by atoms with van der Waals surface area (Å²) in [6, 6.07) is 9.91. The van der Waals surface area contributed by atoms with Gasteiger partial charge in [-0.1, -0.05) is 0 Å². The number of nitrogens with two attached hydrogens (primary N) is 1. The molecule has 19 heavy (non-hydrogen) atoms. The molecule has 98 valence electrons. The fraction of sp³-hybridized carbons (Fsp3) is 0.133. The van der Waals surface area contributed by atoms with E-state index in [2.05, 4.69) is 5.32 Å². The molecule has 0 fully saturated rings. The zero-order chi connectivity index (χ0) is 14.0. The molecule has 0 spiro atoms. The van der Waals surface area contributed by atoms with Gasteiger partial charge in [-0.3, -0.25) is 4.79 Å². The van der Waals surface area contributed by atoms with Gasteiger partial charge in [-0.25, -0.2) is 4.39 Å². The zero-order valence-electron chi connectivity index (χ0n) is 10.8. The van der Waals surface area contributed by atoms with E-state index in [-0.39, 0.29) is 11.6 Å². The Kier molecular flexibility index (Phi) is 3.51. The Morgan fingerprint density at radius 2 is 1.79 bits per heavy atom. The lowest BCUT2D eigenvalue weighted by molar-refractivity contribution is 0.101. The number of Topliss-reactive ketones (excluding diaryl/α,β-unsaturated/α-hetero) is 1. The Hall–Kier alpha value is -2.36. The molecule has 0 aliphatic rings. The highest BCUT2D eigenvalue weighted by Gasteiger charge is 2.06.